The summed E-state index contributed by atoms with van der Waals surface area (Å²) in [5.74, 6) is 0.475. The molecule has 1 unspecified atom stereocenters. The summed E-state index contributed by atoms with van der Waals surface area (Å²) >= 11 is 0. The van der Waals surface area contributed by atoms with Gasteiger partial charge in [0.15, 0.2) is 12.4 Å². The molecule has 1 saturated carbocycles. The number of nitrogens with zero attached hydrogens (tertiary/aromatic N) is 1. The third-order valence-corrected chi connectivity index (χ3v) is 10.6. The number of methoxy groups -OCH3 is 1. The van der Waals surface area contributed by atoms with Crippen LogP contribution in [0.1, 0.15) is 32.3 Å². The molecule has 252 valence electrons. The van der Waals surface area contributed by atoms with Crippen LogP contribution < -0.4 is 15.4 Å². The Bertz CT molecular complexity index is 1440. The fourth-order valence-corrected chi connectivity index (χ4v) is 8.01. The Morgan fingerprint density at radius 2 is 1.87 bits per heavy atom. The summed E-state index contributed by atoms with van der Waals surface area (Å²) in [6.07, 6.45) is -1.50. The smallest absolute Gasteiger partial charge is 0.409 e. The van der Waals surface area contributed by atoms with Gasteiger partial charge in [0.1, 0.15) is 5.75 Å². The zero-order valence-corrected chi connectivity index (χ0v) is 27.1. The van der Waals surface area contributed by atoms with Crippen LogP contribution in [-0.2, 0) is 35.4 Å². The Labute approximate surface area is 269 Å². The van der Waals surface area contributed by atoms with Crippen LogP contribution in [0.25, 0.3) is 0 Å². The van der Waals surface area contributed by atoms with Crippen LogP contribution in [-0.4, -0.2) is 100 Å². The van der Waals surface area contributed by atoms with Crippen molar-refractivity contribution in [2.24, 2.45) is 11.8 Å². The number of amides is 2. The van der Waals surface area contributed by atoms with E-state index in [1.165, 1.54) is 23.5 Å². The average molecular weight is 662 g/mol. The van der Waals surface area contributed by atoms with Crippen LogP contribution >= 0.6 is 0 Å². The summed E-state index contributed by atoms with van der Waals surface area (Å²) in [6.45, 7) is 4.08. The van der Waals surface area contributed by atoms with E-state index >= 15 is 0 Å². The van der Waals surface area contributed by atoms with E-state index in [-0.39, 0.29) is 55.2 Å². The second-order valence-electron chi connectivity index (χ2n) is 12.5. The largest absolute Gasteiger partial charge is 0.497 e. The van der Waals surface area contributed by atoms with Gasteiger partial charge >= 0.3 is 12.2 Å². The third kappa shape index (κ3) is 7.92. The lowest BCUT2D eigenvalue weighted by atomic mass is 9.88. The van der Waals surface area contributed by atoms with E-state index < -0.39 is 40.0 Å². The third-order valence-electron chi connectivity index (χ3n) is 8.72. The van der Waals surface area contributed by atoms with Crippen molar-refractivity contribution >= 4 is 22.2 Å². The van der Waals surface area contributed by atoms with Gasteiger partial charge in [0, 0.05) is 25.4 Å². The molecule has 46 heavy (non-hydrogen) atoms. The number of rotatable bonds is 14. The van der Waals surface area contributed by atoms with Crippen molar-refractivity contribution in [2.75, 3.05) is 40.1 Å². The minimum absolute atomic E-state index is 0.0151. The van der Waals surface area contributed by atoms with Crippen LogP contribution in [0.4, 0.5) is 9.59 Å². The molecule has 6 atom stereocenters. The highest BCUT2D eigenvalue weighted by Gasteiger charge is 2.59. The molecule has 2 aliphatic heterocycles. The molecule has 5 rings (SSSR count). The van der Waals surface area contributed by atoms with E-state index in [9.17, 15) is 23.1 Å². The predicted molar refractivity (Wildman–Crippen MR) is 166 cm³/mol. The average Bonchev–Trinajstić information content (AvgIpc) is 3.72. The van der Waals surface area contributed by atoms with Crippen molar-refractivity contribution in [1.82, 2.24) is 14.9 Å². The first kappa shape index (κ1) is 33.9. The fraction of sp³-hybridized carbons (Fsp3) is 0.562. The quantitative estimate of drug-likeness (QED) is 0.257. The van der Waals surface area contributed by atoms with Crippen molar-refractivity contribution in [3.63, 3.8) is 0 Å². The summed E-state index contributed by atoms with van der Waals surface area (Å²) in [7, 11) is -2.48. The second kappa shape index (κ2) is 14.6. The van der Waals surface area contributed by atoms with Gasteiger partial charge in [-0.25, -0.2) is 18.0 Å². The summed E-state index contributed by atoms with van der Waals surface area (Å²) < 4.78 is 56.3. The Morgan fingerprint density at radius 1 is 1.13 bits per heavy atom. The maximum Gasteiger partial charge on any atom is 0.409 e. The molecule has 3 aliphatic rings. The van der Waals surface area contributed by atoms with E-state index in [4.69, 9.17) is 23.7 Å². The van der Waals surface area contributed by atoms with Crippen LogP contribution in [0.5, 0.6) is 5.75 Å². The first-order chi connectivity index (χ1) is 22.0. The molecule has 14 heteroatoms. The zero-order chi connectivity index (χ0) is 32.9. The van der Waals surface area contributed by atoms with Gasteiger partial charge in [-0.3, -0.25) is 0 Å². The minimum Gasteiger partial charge on any atom is -0.497 e. The van der Waals surface area contributed by atoms with Crippen molar-refractivity contribution in [3.05, 3.63) is 60.2 Å². The summed E-state index contributed by atoms with van der Waals surface area (Å²) in [6, 6.07) is 14.5. The molecule has 0 radical (unpaired) electrons. The molecule has 0 bridgehead atoms. The highest BCUT2D eigenvalue weighted by Crippen LogP contribution is 2.46. The molecule has 2 heterocycles. The van der Waals surface area contributed by atoms with Gasteiger partial charge in [-0.15, -0.1) is 0 Å². The van der Waals surface area contributed by atoms with Gasteiger partial charge in [-0.2, -0.15) is 4.31 Å². The van der Waals surface area contributed by atoms with Crippen molar-refractivity contribution in [3.8, 4) is 5.75 Å². The van der Waals surface area contributed by atoms with Crippen LogP contribution in [0.3, 0.4) is 0 Å². The fourth-order valence-electron chi connectivity index (χ4n) is 6.39. The number of hydrogen-bond donors (Lipinski definition) is 3. The zero-order valence-electron chi connectivity index (χ0n) is 26.3. The number of carbonyl (C=O) groups excluding carboxylic acids is 2. The first-order valence-corrected chi connectivity index (χ1v) is 16.9. The molecule has 13 nitrogen and oxygen atoms in total. The molecule has 2 saturated heterocycles. The number of nitrogens with one attached hydrogen (secondary N) is 2. The lowest BCUT2D eigenvalue weighted by molar-refractivity contribution is -0.0699. The van der Waals surface area contributed by atoms with Gasteiger partial charge in [0.05, 0.1) is 49.5 Å². The first-order valence-electron chi connectivity index (χ1n) is 15.5. The van der Waals surface area contributed by atoms with Gasteiger partial charge in [-0.05, 0) is 48.6 Å². The molecular weight excluding hydrogens is 618 g/mol. The molecule has 2 aromatic rings. The second-order valence-corrected chi connectivity index (χ2v) is 14.4. The number of aliphatic hydroxyl groups is 1. The standard InChI is InChI=1S/C32H43N3O10S/c1-21(2)16-35(46(39,40)25-11-9-23(41-3)10-12-25)17-28(36)27(13-22-7-5-4-6-8-22)34-31(38)44-20-43-24-14-26-29(15-24)42-19-32(26)18-33-30(37)45-32/h4-12,21,24,26-29,36H,13-20H2,1-3H3,(H,33,37)(H,34,38)/t24-,26+,27+,28-,29-,32?/m1/s1. The van der Waals surface area contributed by atoms with E-state index in [1.54, 1.807) is 12.1 Å². The van der Waals surface area contributed by atoms with Gasteiger partial charge < -0.3 is 39.4 Å². The Hall–Kier alpha value is -3.43. The van der Waals surface area contributed by atoms with Crippen LogP contribution in [0.2, 0.25) is 0 Å². The number of benzene rings is 2. The normalized spacial score (nSPS) is 25.3. The van der Waals surface area contributed by atoms with E-state index in [0.29, 0.717) is 31.7 Å². The summed E-state index contributed by atoms with van der Waals surface area (Å²) in [5.41, 5.74) is 0.147. The van der Waals surface area contributed by atoms with Crippen molar-refractivity contribution in [1.29, 1.82) is 0 Å². The monoisotopic (exact) mass is 661 g/mol. The minimum atomic E-state index is -3.98. The van der Waals surface area contributed by atoms with Crippen molar-refractivity contribution < 1.29 is 46.8 Å². The molecular formula is C32H43N3O10S. The number of aliphatic hydroxyl groups excluding tert-OH is 1. The van der Waals surface area contributed by atoms with Crippen LogP contribution in [0, 0.1) is 11.8 Å². The Morgan fingerprint density at radius 3 is 2.52 bits per heavy atom. The van der Waals surface area contributed by atoms with Crippen molar-refractivity contribution in [2.45, 2.75) is 68.0 Å². The van der Waals surface area contributed by atoms with E-state index in [1.807, 2.05) is 44.2 Å². The lowest BCUT2D eigenvalue weighted by Gasteiger charge is -2.30. The molecule has 3 fully saturated rings. The number of sulfonamides is 1. The number of alkyl carbamates (subject to hydrolysis) is 2. The summed E-state index contributed by atoms with van der Waals surface area (Å²) in [5, 5.41) is 16.8. The SMILES string of the molecule is COc1ccc(S(=O)(=O)N(CC(C)C)C[C@@H](O)[C@H](Cc2ccccc2)NC(=O)OCO[C@H]2C[C@H]3OCC4(CNC(=O)O4)[C@H]3C2)cc1. The van der Waals surface area contributed by atoms with Gasteiger partial charge in [0.25, 0.3) is 0 Å². The maximum atomic E-state index is 13.7. The van der Waals surface area contributed by atoms with Gasteiger partial charge in [0.2, 0.25) is 10.0 Å². The number of ether oxygens (including phenoxy) is 5. The highest BCUT2D eigenvalue weighted by atomic mass is 32.2. The Kier molecular flexibility index (Phi) is 10.7. The number of fused-ring (bicyclic) bond motifs is 2. The molecule has 2 amide bonds. The van der Waals surface area contributed by atoms with E-state index in [2.05, 4.69) is 10.6 Å². The molecule has 0 aromatic heterocycles. The molecule has 2 aromatic carbocycles. The number of carbonyl (C=O) groups is 2. The Balaban J connectivity index is 1.21. The predicted octanol–water partition coefficient (Wildman–Crippen LogP) is 2.67. The maximum absolute atomic E-state index is 13.7. The highest BCUT2D eigenvalue weighted by molar-refractivity contribution is 7.89. The molecule has 1 aliphatic carbocycles. The molecule has 3 N–H and O–H groups in total. The van der Waals surface area contributed by atoms with Crippen LogP contribution in [0.15, 0.2) is 59.5 Å². The lowest BCUT2D eigenvalue weighted by Crippen LogP contribution is -2.51. The number of hydrogen-bond acceptors (Lipinski definition) is 10. The van der Waals surface area contributed by atoms with Gasteiger partial charge in [-0.1, -0.05) is 44.2 Å². The topological polar surface area (TPSA) is 162 Å². The summed E-state index contributed by atoms with van der Waals surface area (Å²) in [4.78, 5) is 24.7. The van der Waals surface area contributed by atoms with E-state index in [0.717, 1.165) is 5.56 Å². The molecule has 1 spiro atoms.